The first-order valence-corrected chi connectivity index (χ1v) is 8.70. The summed E-state index contributed by atoms with van der Waals surface area (Å²) in [5.74, 6) is 1.55. The Morgan fingerprint density at radius 2 is 2.19 bits per heavy atom. The summed E-state index contributed by atoms with van der Waals surface area (Å²) in [5, 5.41) is 21.5. The normalized spacial score (nSPS) is 20.2. The van der Waals surface area contributed by atoms with Gasteiger partial charge in [0.15, 0.2) is 0 Å². The van der Waals surface area contributed by atoms with Crippen molar-refractivity contribution in [2.24, 2.45) is 0 Å². The van der Waals surface area contributed by atoms with Crippen molar-refractivity contribution in [1.29, 1.82) is 0 Å². The van der Waals surface area contributed by atoms with E-state index in [9.17, 15) is 5.11 Å². The summed E-state index contributed by atoms with van der Waals surface area (Å²) in [7, 11) is 4.09. The molecule has 1 aliphatic rings. The second-order valence-corrected chi connectivity index (χ2v) is 7.02. The van der Waals surface area contributed by atoms with E-state index in [4.69, 9.17) is 0 Å². The number of anilines is 3. The topological polar surface area (TPSA) is 93.2 Å². The lowest BCUT2D eigenvalue weighted by molar-refractivity contribution is 0.191. The summed E-state index contributed by atoms with van der Waals surface area (Å²) in [5.41, 5.74) is 1.94. The second kappa shape index (κ2) is 6.89. The summed E-state index contributed by atoms with van der Waals surface area (Å²) in [6.07, 6.45) is 3.78. The molecule has 26 heavy (non-hydrogen) atoms. The van der Waals surface area contributed by atoms with E-state index in [1.165, 1.54) is 0 Å². The molecule has 0 radical (unpaired) electrons. The van der Waals surface area contributed by atoms with Crippen LogP contribution < -0.4 is 10.2 Å². The van der Waals surface area contributed by atoms with Crippen molar-refractivity contribution in [3.63, 3.8) is 0 Å². The number of hydrogen-bond donors (Lipinski definition) is 3. The van der Waals surface area contributed by atoms with Gasteiger partial charge < -0.3 is 20.2 Å². The molecule has 8 heteroatoms. The molecule has 1 saturated heterocycles. The number of aromatic amines is 1. The third-order valence-electron chi connectivity index (χ3n) is 4.63. The van der Waals surface area contributed by atoms with E-state index in [1.807, 2.05) is 38.4 Å². The van der Waals surface area contributed by atoms with E-state index in [2.05, 4.69) is 35.3 Å². The fourth-order valence-electron chi connectivity index (χ4n) is 3.51. The largest absolute Gasteiger partial charge is 0.391 e. The van der Waals surface area contributed by atoms with Gasteiger partial charge in [-0.1, -0.05) is 0 Å². The highest BCUT2D eigenvalue weighted by Gasteiger charge is 2.32. The van der Waals surface area contributed by atoms with Gasteiger partial charge in [0.1, 0.15) is 18.0 Å². The third-order valence-corrected chi connectivity index (χ3v) is 4.63. The van der Waals surface area contributed by atoms with Crippen LogP contribution in [0.1, 0.15) is 6.42 Å². The standard InChI is InChI=1S/C18H23N7O/c1-24(2)9-14-6-15(26)10-25(14)18-7-17(19-11-20-18)22-13-3-4-16-12(5-13)8-21-23-16/h3-5,7-8,11,14-15,26H,6,9-10H2,1-2H3,(H,21,23)(H,19,20,22)/t14-,15-/m1/s1. The van der Waals surface area contributed by atoms with Crippen molar-refractivity contribution in [2.45, 2.75) is 18.6 Å². The van der Waals surface area contributed by atoms with Crippen molar-refractivity contribution in [2.75, 3.05) is 37.4 Å². The molecule has 1 aliphatic heterocycles. The molecule has 0 bridgehead atoms. The molecule has 3 heterocycles. The first-order chi connectivity index (χ1) is 12.6. The zero-order valence-electron chi connectivity index (χ0n) is 14.9. The lowest BCUT2D eigenvalue weighted by atomic mass is 10.2. The minimum absolute atomic E-state index is 0.241. The monoisotopic (exact) mass is 353 g/mol. The van der Waals surface area contributed by atoms with Gasteiger partial charge in [-0.2, -0.15) is 5.10 Å². The van der Waals surface area contributed by atoms with Crippen LogP contribution in [0, 0.1) is 0 Å². The van der Waals surface area contributed by atoms with E-state index in [1.54, 1.807) is 12.5 Å². The Bertz CT molecular complexity index is 894. The molecule has 0 unspecified atom stereocenters. The number of benzene rings is 1. The number of aliphatic hydroxyl groups is 1. The number of fused-ring (bicyclic) bond motifs is 1. The van der Waals surface area contributed by atoms with Gasteiger partial charge in [0.2, 0.25) is 0 Å². The van der Waals surface area contributed by atoms with Gasteiger partial charge in [-0.15, -0.1) is 0 Å². The Kier molecular flexibility index (Phi) is 4.44. The molecule has 0 aliphatic carbocycles. The molecule has 1 fully saturated rings. The quantitative estimate of drug-likeness (QED) is 0.641. The zero-order chi connectivity index (χ0) is 18.1. The van der Waals surface area contributed by atoms with Crippen LogP contribution >= 0.6 is 0 Å². The Morgan fingerprint density at radius 1 is 1.31 bits per heavy atom. The van der Waals surface area contributed by atoms with Crippen LogP contribution in [0.25, 0.3) is 10.9 Å². The molecule has 0 saturated carbocycles. The number of β-amino-alcohol motifs (C(OH)–C–C–N with tert-alkyl or cyclic N) is 1. The molecule has 3 aromatic rings. The molecule has 4 rings (SSSR count). The molecule has 3 N–H and O–H groups in total. The summed E-state index contributed by atoms with van der Waals surface area (Å²) in [6, 6.07) is 8.16. The summed E-state index contributed by atoms with van der Waals surface area (Å²) >= 11 is 0. The van der Waals surface area contributed by atoms with E-state index >= 15 is 0 Å². The van der Waals surface area contributed by atoms with Crippen LogP contribution in [0.3, 0.4) is 0 Å². The lowest BCUT2D eigenvalue weighted by Gasteiger charge is -2.27. The predicted octanol–water partition coefficient (Wildman–Crippen LogP) is 1.60. The molecular weight excluding hydrogens is 330 g/mol. The van der Waals surface area contributed by atoms with Gasteiger partial charge >= 0.3 is 0 Å². The van der Waals surface area contributed by atoms with Gasteiger partial charge in [-0.05, 0) is 38.7 Å². The highest BCUT2D eigenvalue weighted by molar-refractivity contribution is 5.82. The third kappa shape index (κ3) is 3.47. The van der Waals surface area contributed by atoms with Crippen molar-refractivity contribution in [3.05, 3.63) is 36.8 Å². The van der Waals surface area contributed by atoms with E-state index < -0.39 is 0 Å². The number of H-pyrrole nitrogens is 1. The van der Waals surface area contributed by atoms with Gasteiger partial charge in [-0.3, -0.25) is 5.10 Å². The summed E-state index contributed by atoms with van der Waals surface area (Å²) in [4.78, 5) is 13.1. The number of hydrogen-bond acceptors (Lipinski definition) is 7. The minimum Gasteiger partial charge on any atom is -0.391 e. The average molecular weight is 353 g/mol. The van der Waals surface area contributed by atoms with Crippen LogP contribution in [0.4, 0.5) is 17.3 Å². The minimum atomic E-state index is -0.324. The summed E-state index contributed by atoms with van der Waals surface area (Å²) in [6.45, 7) is 1.47. The van der Waals surface area contributed by atoms with Crippen LogP contribution in [0.2, 0.25) is 0 Å². The van der Waals surface area contributed by atoms with Crippen LogP contribution in [0.15, 0.2) is 36.8 Å². The lowest BCUT2D eigenvalue weighted by Crippen LogP contribution is -2.38. The smallest absolute Gasteiger partial charge is 0.135 e. The average Bonchev–Trinajstić information content (AvgIpc) is 3.20. The Morgan fingerprint density at radius 3 is 3.04 bits per heavy atom. The molecule has 1 aromatic carbocycles. The molecule has 0 amide bonds. The molecule has 8 nitrogen and oxygen atoms in total. The van der Waals surface area contributed by atoms with Gasteiger partial charge in [0.25, 0.3) is 0 Å². The number of nitrogens with one attached hydrogen (secondary N) is 2. The highest BCUT2D eigenvalue weighted by Crippen LogP contribution is 2.27. The molecule has 136 valence electrons. The van der Waals surface area contributed by atoms with Crippen molar-refractivity contribution in [3.8, 4) is 0 Å². The van der Waals surface area contributed by atoms with E-state index in [0.717, 1.165) is 41.2 Å². The van der Waals surface area contributed by atoms with E-state index in [-0.39, 0.29) is 12.1 Å². The van der Waals surface area contributed by atoms with E-state index in [0.29, 0.717) is 6.54 Å². The van der Waals surface area contributed by atoms with Crippen molar-refractivity contribution < 1.29 is 5.11 Å². The first kappa shape index (κ1) is 16.7. The second-order valence-electron chi connectivity index (χ2n) is 7.02. The molecule has 0 spiro atoms. The zero-order valence-corrected chi connectivity index (χ0v) is 14.9. The number of aromatic nitrogens is 4. The van der Waals surface area contributed by atoms with Crippen molar-refractivity contribution in [1.82, 2.24) is 25.1 Å². The molecular formula is C18H23N7O. The number of rotatable bonds is 5. The number of aliphatic hydroxyl groups excluding tert-OH is 1. The maximum absolute atomic E-state index is 10.1. The Hall–Kier alpha value is -2.71. The van der Waals surface area contributed by atoms with Crippen LogP contribution in [0.5, 0.6) is 0 Å². The molecule has 2 atom stereocenters. The van der Waals surface area contributed by atoms with Crippen LogP contribution in [-0.4, -0.2) is 69.5 Å². The Balaban J connectivity index is 1.55. The fraction of sp³-hybridized carbons (Fsp3) is 0.389. The maximum Gasteiger partial charge on any atom is 0.135 e. The van der Waals surface area contributed by atoms with Gasteiger partial charge in [-0.25, -0.2) is 9.97 Å². The van der Waals surface area contributed by atoms with Crippen LogP contribution in [-0.2, 0) is 0 Å². The number of likely N-dealkylation sites (N-methyl/N-ethyl adjacent to an activating group) is 1. The SMILES string of the molecule is CN(C)C[C@H]1C[C@@H](O)CN1c1cc(Nc2ccc3[nH]ncc3c2)ncn1. The molecule has 2 aromatic heterocycles. The first-order valence-electron chi connectivity index (χ1n) is 8.70. The predicted molar refractivity (Wildman–Crippen MR) is 102 cm³/mol. The van der Waals surface area contributed by atoms with Gasteiger partial charge in [0.05, 0.1) is 17.8 Å². The van der Waals surface area contributed by atoms with Crippen molar-refractivity contribution >= 4 is 28.2 Å². The number of nitrogens with zero attached hydrogens (tertiary/aromatic N) is 5. The Labute approximate surface area is 151 Å². The fourth-order valence-corrected chi connectivity index (χ4v) is 3.51. The van der Waals surface area contributed by atoms with Gasteiger partial charge in [0, 0.05) is 36.3 Å². The highest BCUT2D eigenvalue weighted by atomic mass is 16.3. The maximum atomic E-state index is 10.1. The summed E-state index contributed by atoms with van der Waals surface area (Å²) < 4.78 is 0.